The lowest BCUT2D eigenvalue weighted by Gasteiger charge is -2.19. The van der Waals surface area contributed by atoms with Gasteiger partial charge in [-0.15, -0.1) is 0 Å². The Bertz CT molecular complexity index is 384. The molecule has 0 bridgehead atoms. The number of hydrazone groups is 1. The van der Waals surface area contributed by atoms with Crippen molar-refractivity contribution in [3.63, 3.8) is 0 Å². The Morgan fingerprint density at radius 1 is 1.40 bits per heavy atom. The Hall–Kier alpha value is -1.64. The fourth-order valence-corrected chi connectivity index (χ4v) is 1.80. The normalized spacial score (nSPS) is 20.7. The van der Waals surface area contributed by atoms with Crippen molar-refractivity contribution >= 4 is 11.6 Å². The van der Waals surface area contributed by atoms with Gasteiger partial charge in [-0.3, -0.25) is 4.79 Å². The van der Waals surface area contributed by atoms with Crippen LogP contribution in [0.25, 0.3) is 0 Å². The standard InChI is InChI=1S/C12H14N2O/c1-9-7-11(12(15)14-13-9)8-10-5-3-2-4-6-10/h2-6,11H,7-8H2,1H3,(H,14,15). The molecule has 1 heterocycles. The first-order valence-corrected chi connectivity index (χ1v) is 5.12. The highest BCUT2D eigenvalue weighted by Crippen LogP contribution is 2.15. The highest BCUT2D eigenvalue weighted by atomic mass is 16.2. The quantitative estimate of drug-likeness (QED) is 0.779. The molecule has 1 unspecified atom stereocenters. The van der Waals surface area contributed by atoms with Crippen LogP contribution in [0.4, 0.5) is 0 Å². The van der Waals surface area contributed by atoms with E-state index in [1.807, 2.05) is 37.3 Å². The minimum atomic E-state index is 0.0319. The highest BCUT2D eigenvalue weighted by molar-refractivity contribution is 5.92. The van der Waals surface area contributed by atoms with Crippen LogP contribution in [0.3, 0.4) is 0 Å². The first-order chi connectivity index (χ1) is 7.25. The highest BCUT2D eigenvalue weighted by Gasteiger charge is 2.22. The summed E-state index contributed by atoms with van der Waals surface area (Å²) in [6.45, 7) is 1.94. The van der Waals surface area contributed by atoms with Crippen LogP contribution >= 0.6 is 0 Å². The smallest absolute Gasteiger partial charge is 0.243 e. The predicted octanol–water partition coefficient (Wildman–Crippen LogP) is 1.74. The summed E-state index contributed by atoms with van der Waals surface area (Å²) in [5, 5.41) is 3.92. The fraction of sp³-hybridized carbons (Fsp3) is 0.333. The maximum absolute atomic E-state index is 11.5. The molecule has 1 aromatic carbocycles. The second-order valence-corrected chi connectivity index (χ2v) is 3.91. The number of carbonyl (C=O) groups is 1. The lowest BCUT2D eigenvalue weighted by molar-refractivity contribution is -0.125. The summed E-state index contributed by atoms with van der Waals surface area (Å²) in [5.41, 5.74) is 4.75. The lowest BCUT2D eigenvalue weighted by Crippen LogP contribution is -2.34. The lowest BCUT2D eigenvalue weighted by atomic mass is 9.93. The van der Waals surface area contributed by atoms with Crippen LogP contribution in [0, 0.1) is 5.92 Å². The van der Waals surface area contributed by atoms with Gasteiger partial charge in [-0.25, -0.2) is 5.43 Å². The van der Waals surface area contributed by atoms with Crippen molar-refractivity contribution in [1.29, 1.82) is 0 Å². The number of nitrogens with zero attached hydrogens (tertiary/aromatic N) is 1. The summed E-state index contributed by atoms with van der Waals surface area (Å²) in [6, 6.07) is 10.1. The third kappa shape index (κ3) is 2.43. The summed E-state index contributed by atoms with van der Waals surface area (Å²) in [5.74, 6) is 0.0642. The van der Waals surface area contributed by atoms with E-state index in [1.165, 1.54) is 5.56 Å². The van der Waals surface area contributed by atoms with Crippen LogP contribution in [0.1, 0.15) is 18.9 Å². The second-order valence-electron chi connectivity index (χ2n) is 3.91. The van der Waals surface area contributed by atoms with Crippen molar-refractivity contribution in [1.82, 2.24) is 5.43 Å². The van der Waals surface area contributed by atoms with Crippen LogP contribution in [-0.4, -0.2) is 11.6 Å². The van der Waals surface area contributed by atoms with E-state index in [1.54, 1.807) is 0 Å². The molecule has 1 N–H and O–H groups in total. The van der Waals surface area contributed by atoms with Gasteiger partial charge in [-0.05, 0) is 25.3 Å². The topological polar surface area (TPSA) is 41.5 Å². The maximum atomic E-state index is 11.5. The van der Waals surface area contributed by atoms with Gasteiger partial charge in [-0.1, -0.05) is 30.3 Å². The van der Waals surface area contributed by atoms with Crippen LogP contribution in [0.5, 0.6) is 0 Å². The summed E-state index contributed by atoms with van der Waals surface area (Å²) >= 11 is 0. The summed E-state index contributed by atoms with van der Waals surface area (Å²) in [4.78, 5) is 11.5. The van der Waals surface area contributed by atoms with Gasteiger partial charge in [0.25, 0.3) is 0 Å². The van der Waals surface area contributed by atoms with Gasteiger partial charge in [0.15, 0.2) is 0 Å². The van der Waals surface area contributed by atoms with E-state index in [-0.39, 0.29) is 11.8 Å². The van der Waals surface area contributed by atoms with Gasteiger partial charge in [-0.2, -0.15) is 5.10 Å². The van der Waals surface area contributed by atoms with Crippen molar-refractivity contribution in [2.75, 3.05) is 0 Å². The summed E-state index contributed by atoms with van der Waals surface area (Å²) in [6.07, 6.45) is 1.56. The number of rotatable bonds is 2. The molecule has 0 fully saturated rings. The third-order valence-corrected chi connectivity index (χ3v) is 2.59. The van der Waals surface area contributed by atoms with Crippen molar-refractivity contribution in [2.45, 2.75) is 19.8 Å². The van der Waals surface area contributed by atoms with E-state index < -0.39 is 0 Å². The molecule has 1 aromatic rings. The minimum Gasteiger partial charge on any atom is -0.273 e. The number of benzene rings is 1. The average Bonchev–Trinajstić information content (AvgIpc) is 2.25. The Balaban J connectivity index is 2.06. The monoisotopic (exact) mass is 202 g/mol. The number of hydrogen-bond acceptors (Lipinski definition) is 2. The summed E-state index contributed by atoms with van der Waals surface area (Å²) < 4.78 is 0. The van der Waals surface area contributed by atoms with Gasteiger partial charge < -0.3 is 0 Å². The molecular weight excluding hydrogens is 188 g/mol. The predicted molar refractivity (Wildman–Crippen MR) is 59.5 cm³/mol. The molecule has 3 nitrogen and oxygen atoms in total. The van der Waals surface area contributed by atoms with E-state index in [0.717, 1.165) is 18.6 Å². The van der Waals surface area contributed by atoms with Gasteiger partial charge in [0.05, 0.1) is 0 Å². The van der Waals surface area contributed by atoms with Crippen molar-refractivity contribution in [2.24, 2.45) is 11.0 Å². The van der Waals surface area contributed by atoms with E-state index in [0.29, 0.717) is 0 Å². The van der Waals surface area contributed by atoms with E-state index >= 15 is 0 Å². The SMILES string of the molecule is CC1=NNC(=O)C(Cc2ccccc2)C1. The molecule has 1 amide bonds. The van der Waals surface area contributed by atoms with Gasteiger partial charge in [0.2, 0.25) is 5.91 Å². The minimum absolute atomic E-state index is 0.0319. The zero-order valence-corrected chi connectivity index (χ0v) is 8.73. The molecule has 1 atom stereocenters. The maximum Gasteiger partial charge on any atom is 0.243 e. The van der Waals surface area contributed by atoms with Crippen LogP contribution < -0.4 is 5.43 Å². The first-order valence-electron chi connectivity index (χ1n) is 5.12. The van der Waals surface area contributed by atoms with E-state index in [2.05, 4.69) is 10.5 Å². The zero-order chi connectivity index (χ0) is 10.7. The molecule has 78 valence electrons. The van der Waals surface area contributed by atoms with Crippen LogP contribution in [0.15, 0.2) is 35.4 Å². The molecule has 0 radical (unpaired) electrons. The first kappa shape index (κ1) is 9.90. The average molecular weight is 202 g/mol. The van der Waals surface area contributed by atoms with Crippen molar-refractivity contribution in [3.8, 4) is 0 Å². The zero-order valence-electron chi connectivity index (χ0n) is 8.73. The molecule has 2 rings (SSSR count). The number of nitrogens with one attached hydrogen (secondary N) is 1. The number of carbonyl (C=O) groups excluding carboxylic acids is 1. The Kier molecular flexibility index (Phi) is 2.81. The van der Waals surface area contributed by atoms with E-state index in [4.69, 9.17) is 0 Å². The number of amides is 1. The molecule has 0 spiro atoms. The number of hydrogen-bond donors (Lipinski definition) is 1. The van der Waals surface area contributed by atoms with Gasteiger partial charge >= 0.3 is 0 Å². The Morgan fingerprint density at radius 3 is 2.87 bits per heavy atom. The van der Waals surface area contributed by atoms with Crippen molar-refractivity contribution in [3.05, 3.63) is 35.9 Å². The Morgan fingerprint density at radius 2 is 2.13 bits per heavy atom. The molecule has 0 saturated heterocycles. The molecule has 3 heteroatoms. The van der Waals surface area contributed by atoms with Gasteiger partial charge in [0.1, 0.15) is 0 Å². The van der Waals surface area contributed by atoms with Crippen molar-refractivity contribution < 1.29 is 4.79 Å². The molecule has 0 aromatic heterocycles. The molecule has 1 aliphatic heterocycles. The largest absolute Gasteiger partial charge is 0.273 e. The summed E-state index contributed by atoms with van der Waals surface area (Å²) in [7, 11) is 0. The molecular formula is C12H14N2O. The molecule has 0 aliphatic carbocycles. The van der Waals surface area contributed by atoms with Crippen LogP contribution in [-0.2, 0) is 11.2 Å². The molecule has 1 aliphatic rings. The third-order valence-electron chi connectivity index (χ3n) is 2.59. The molecule has 0 saturated carbocycles. The fourth-order valence-electron chi connectivity index (χ4n) is 1.80. The second kappa shape index (κ2) is 4.26. The molecule has 15 heavy (non-hydrogen) atoms. The van der Waals surface area contributed by atoms with Gasteiger partial charge in [0, 0.05) is 11.6 Å². The Labute approximate surface area is 89.2 Å². The van der Waals surface area contributed by atoms with E-state index in [9.17, 15) is 4.79 Å². The van der Waals surface area contributed by atoms with Crippen LogP contribution in [0.2, 0.25) is 0 Å².